The van der Waals surface area contributed by atoms with Crippen molar-refractivity contribution in [2.45, 2.75) is 11.8 Å². The summed E-state index contributed by atoms with van der Waals surface area (Å²) in [5.41, 5.74) is 1.42. The number of nitrogens with one attached hydrogen (secondary N) is 1. The molecule has 7 nitrogen and oxygen atoms in total. The van der Waals surface area contributed by atoms with Gasteiger partial charge in [-0.25, -0.2) is 13.2 Å². The molecule has 1 N–H and O–H groups in total. The first kappa shape index (κ1) is 25.0. The number of esters is 1. The van der Waals surface area contributed by atoms with Gasteiger partial charge >= 0.3 is 5.97 Å². The van der Waals surface area contributed by atoms with Crippen molar-refractivity contribution in [3.05, 3.63) is 95.5 Å². The molecule has 0 radical (unpaired) electrons. The lowest BCUT2D eigenvalue weighted by Gasteiger charge is -2.23. The SMILES string of the molecule is CCN(c1ccccc1)S(=O)(=O)c1ccc(Cl)c(NC(=O)COC(=O)C=Cc2ccccc2)c1. The Kier molecular flexibility index (Phi) is 8.45. The number of amides is 1. The van der Waals surface area contributed by atoms with E-state index in [4.69, 9.17) is 16.3 Å². The summed E-state index contributed by atoms with van der Waals surface area (Å²) in [6.45, 7) is 1.38. The second-order valence-corrected chi connectivity index (χ2v) is 9.32. The summed E-state index contributed by atoms with van der Waals surface area (Å²) in [7, 11) is -3.91. The summed E-state index contributed by atoms with van der Waals surface area (Å²) < 4.78 is 32.6. The summed E-state index contributed by atoms with van der Waals surface area (Å²) in [5, 5.41) is 2.64. The number of hydrogen-bond acceptors (Lipinski definition) is 5. The minimum absolute atomic E-state index is 0.0410. The van der Waals surface area contributed by atoms with Gasteiger partial charge in [0.15, 0.2) is 6.61 Å². The number of sulfonamides is 1. The summed E-state index contributed by atoms with van der Waals surface area (Å²) in [4.78, 5) is 24.1. The van der Waals surface area contributed by atoms with E-state index in [-0.39, 0.29) is 22.2 Å². The fourth-order valence-corrected chi connectivity index (χ4v) is 4.74. The molecule has 9 heteroatoms. The summed E-state index contributed by atoms with van der Waals surface area (Å²) in [5.74, 6) is -1.35. The van der Waals surface area contributed by atoms with Gasteiger partial charge in [-0.3, -0.25) is 9.10 Å². The Morgan fingerprint density at radius 3 is 2.29 bits per heavy atom. The number of carbonyl (C=O) groups excluding carboxylic acids is 2. The third-order valence-electron chi connectivity index (χ3n) is 4.69. The largest absolute Gasteiger partial charge is 0.452 e. The summed E-state index contributed by atoms with van der Waals surface area (Å²) in [6.07, 6.45) is 2.78. The lowest BCUT2D eigenvalue weighted by molar-refractivity contribution is -0.142. The van der Waals surface area contributed by atoms with Crippen molar-refractivity contribution in [1.29, 1.82) is 0 Å². The molecule has 0 saturated carbocycles. The van der Waals surface area contributed by atoms with Crippen LogP contribution in [0.5, 0.6) is 0 Å². The van der Waals surface area contributed by atoms with Gasteiger partial charge in [-0.1, -0.05) is 60.1 Å². The van der Waals surface area contributed by atoms with Crippen molar-refractivity contribution in [3.8, 4) is 0 Å². The molecule has 0 fully saturated rings. The first-order valence-electron chi connectivity index (χ1n) is 10.4. The lowest BCUT2D eigenvalue weighted by Crippen LogP contribution is -2.30. The molecule has 3 aromatic rings. The second kappa shape index (κ2) is 11.5. The van der Waals surface area contributed by atoms with E-state index in [1.165, 1.54) is 28.6 Å². The van der Waals surface area contributed by atoms with Crippen LogP contribution in [0.3, 0.4) is 0 Å². The molecule has 0 aliphatic carbocycles. The normalized spacial score (nSPS) is 11.2. The summed E-state index contributed by atoms with van der Waals surface area (Å²) in [6, 6.07) is 21.9. The quantitative estimate of drug-likeness (QED) is 0.339. The Morgan fingerprint density at radius 2 is 1.65 bits per heavy atom. The van der Waals surface area contributed by atoms with Crippen molar-refractivity contribution < 1.29 is 22.7 Å². The number of hydrogen-bond donors (Lipinski definition) is 1. The molecule has 0 bridgehead atoms. The average Bonchev–Trinajstić information content (AvgIpc) is 2.84. The van der Waals surface area contributed by atoms with E-state index in [0.717, 1.165) is 5.56 Å². The number of carbonyl (C=O) groups is 2. The fourth-order valence-electron chi connectivity index (χ4n) is 3.07. The van der Waals surface area contributed by atoms with Crippen LogP contribution < -0.4 is 9.62 Å². The minimum atomic E-state index is -3.91. The molecule has 0 aromatic heterocycles. The monoisotopic (exact) mass is 498 g/mol. The Balaban J connectivity index is 1.68. The second-order valence-electron chi connectivity index (χ2n) is 7.05. The van der Waals surface area contributed by atoms with Gasteiger partial charge in [0.1, 0.15) is 0 Å². The fraction of sp³-hybridized carbons (Fsp3) is 0.120. The third-order valence-corrected chi connectivity index (χ3v) is 6.92. The first-order chi connectivity index (χ1) is 16.3. The van der Waals surface area contributed by atoms with Gasteiger partial charge in [-0.2, -0.15) is 0 Å². The van der Waals surface area contributed by atoms with Crippen molar-refractivity contribution in [2.75, 3.05) is 22.8 Å². The molecule has 34 heavy (non-hydrogen) atoms. The Bertz CT molecular complexity index is 1280. The molecule has 0 atom stereocenters. The smallest absolute Gasteiger partial charge is 0.331 e. The molecular weight excluding hydrogens is 476 g/mol. The van der Waals surface area contributed by atoms with Gasteiger partial charge in [0, 0.05) is 12.6 Å². The van der Waals surface area contributed by atoms with Crippen molar-refractivity contribution in [1.82, 2.24) is 0 Å². The van der Waals surface area contributed by atoms with Gasteiger partial charge in [-0.05, 0) is 48.9 Å². The zero-order chi connectivity index (χ0) is 24.6. The number of halogens is 1. The lowest BCUT2D eigenvalue weighted by atomic mass is 10.2. The molecule has 3 rings (SSSR count). The highest BCUT2D eigenvalue weighted by molar-refractivity contribution is 7.92. The number of para-hydroxylation sites is 1. The highest BCUT2D eigenvalue weighted by Gasteiger charge is 2.24. The minimum Gasteiger partial charge on any atom is -0.452 e. The van der Waals surface area contributed by atoms with E-state index in [0.29, 0.717) is 5.69 Å². The Hall–Kier alpha value is -3.62. The van der Waals surface area contributed by atoms with Crippen LogP contribution >= 0.6 is 11.6 Å². The van der Waals surface area contributed by atoms with Crippen molar-refractivity contribution >= 4 is 51.0 Å². The van der Waals surface area contributed by atoms with Crippen molar-refractivity contribution in [3.63, 3.8) is 0 Å². The van der Waals surface area contributed by atoms with Crippen LogP contribution in [0.1, 0.15) is 12.5 Å². The molecule has 3 aromatic carbocycles. The standard InChI is InChI=1S/C25H23ClN2O5S/c1-2-28(20-11-7-4-8-12-20)34(31,32)21-14-15-22(26)23(17-21)27-24(29)18-33-25(30)16-13-19-9-5-3-6-10-19/h3-17H,2,18H2,1H3,(H,27,29). The third kappa shape index (κ3) is 6.46. The van der Waals surface area contributed by atoms with Crippen LogP contribution in [0.25, 0.3) is 6.08 Å². The highest BCUT2D eigenvalue weighted by atomic mass is 35.5. The van der Waals surface area contributed by atoms with E-state index >= 15 is 0 Å². The predicted molar refractivity (Wildman–Crippen MR) is 133 cm³/mol. The molecular formula is C25H23ClN2O5S. The van der Waals surface area contributed by atoms with E-state index in [2.05, 4.69) is 5.32 Å². The van der Waals surface area contributed by atoms with Gasteiger partial charge in [0.25, 0.3) is 15.9 Å². The number of nitrogens with zero attached hydrogens (tertiary/aromatic N) is 1. The first-order valence-corrected chi connectivity index (χ1v) is 12.2. The number of ether oxygens (including phenoxy) is 1. The number of rotatable bonds is 9. The maximum Gasteiger partial charge on any atom is 0.331 e. The molecule has 0 heterocycles. The Morgan fingerprint density at radius 1 is 1.00 bits per heavy atom. The maximum atomic E-state index is 13.2. The number of anilines is 2. The van der Waals surface area contributed by atoms with E-state index in [9.17, 15) is 18.0 Å². The molecule has 176 valence electrons. The summed E-state index contributed by atoms with van der Waals surface area (Å²) >= 11 is 6.16. The van der Waals surface area contributed by atoms with Crippen LogP contribution in [0.2, 0.25) is 5.02 Å². The molecule has 0 aliphatic rings. The van der Waals surface area contributed by atoms with Gasteiger partial charge in [0.05, 0.1) is 21.3 Å². The molecule has 1 amide bonds. The van der Waals surface area contributed by atoms with Crippen LogP contribution in [0.4, 0.5) is 11.4 Å². The van der Waals surface area contributed by atoms with E-state index in [1.54, 1.807) is 43.3 Å². The molecule has 0 aliphatic heterocycles. The zero-order valence-corrected chi connectivity index (χ0v) is 19.9. The molecule has 0 saturated heterocycles. The average molecular weight is 499 g/mol. The van der Waals surface area contributed by atoms with Crippen LogP contribution in [-0.2, 0) is 24.3 Å². The number of benzene rings is 3. The van der Waals surface area contributed by atoms with Gasteiger partial charge < -0.3 is 10.1 Å². The Labute approximate surface area is 203 Å². The predicted octanol–water partition coefficient (Wildman–Crippen LogP) is 4.75. The topological polar surface area (TPSA) is 92.8 Å². The molecule has 0 unspecified atom stereocenters. The van der Waals surface area contributed by atoms with E-state index in [1.807, 2.05) is 30.3 Å². The molecule has 0 spiro atoms. The van der Waals surface area contributed by atoms with Gasteiger partial charge in [-0.15, -0.1) is 0 Å². The van der Waals surface area contributed by atoms with E-state index < -0.39 is 28.5 Å². The zero-order valence-electron chi connectivity index (χ0n) is 18.3. The van der Waals surface area contributed by atoms with Crippen LogP contribution in [-0.4, -0.2) is 33.4 Å². The van der Waals surface area contributed by atoms with Crippen LogP contribution in [0.15, 0.2) is 89.8 Å². The van der Waals surface area contributed by atoms with Crippen molar-refractivity contribution in [2.24, 2.45) is 0 Å². The highest BCUT2D eigenvalue weighted by Crippen LogP contribution is 2.29. The van der Waals surface area contributed by atoms with Crippen LogP contribution in [0, 0.1) is 0 Å². The van der Waals surface area contributed by atoms with Gasteiger partial charge in [0.2, 0.25) is 0 Å². The maximum absolute atomic E-state index is 13.2.